The molecule has 0 saturated heterocycles. The number of rotatable bonds is 14. The maximum atomic E-state index is 12.2. The molecule has 6 N–H and O–H groups in total. The predicted molar refractivity (Wildman–Crippen MR) is 257 cm³/mol. The first kappa shape index (κ1) is 57.4. The van der Waals surface area contributed by atoms with Gasteiger partial charge in [-0.05, 0) is 208 Å². The van der Waals surface area contributed by atoms with E-state index in [9.17, 15) is 56.0 Å². The standard InChI is InChI=1S/2C26H45NO6S.Fe/c2*1-16(4-9-24(30)27-12-13-34(31,32)33)20-7-8-21-19-6-5-17-14-18(28)10-11-25(17,2)22(19)15-23(29)26(20,21)3;/h2*16-23,28-29H,4-15H2,1-3H3,(H,27,30)(H,31,32,33);/q;;+2/p-2/t2*16-,17?,18-,19?,20-,21?,22?,23+,25+,26-;/m11./s1. The van der Waals surface area contributed by atoms with Gasteiger partial charge in [-0.25, -0.2) is 16.8 Å². The molecule has 0 aromatic rings. The van der Waals surface area contributed by atoms with Crippen molar-refractivity contribution in [2.75, 3.05) is 24.6 Å². The number of hydrogen-bond acceptors (Lipinski definition) is 12. The summed E-state index contributed by atoms with van der Waals surface area (Å²) in [6, 6.07) is 0. The van der Waals surface area contributed by atoms with Crippen molar-refractivity contribution in [2.45, 2.75) is 194 Å². The Morgan fingerprint density at radius 2 is 0.913 bits per heavy atom. The van der Waals surface area contributed by atoms with Crippen LogP contribution >= 0.6 is 0 Å². The minimum atomic E-state index is -4.32. The predicted octanol–water partition coefficient (Wildman–Crippen LogP) is 6.11. The van der Waals surface area contributed by atoms with Crippen molar-refractivity contribution in [1.29, 1.82) is 0 Å². The van der Waals surface area contributed by atoms with E-state index in [4.69, 9.17) is 0 Å². The minimum absolute atomic E-state index is 0. The van der Waals surface area contributed by atoms with Crippen molar-refractivity contribution in [2.24, 2.45) is 92.7 Å². The SMILES string of the molecule is C[C@H](CCC(=O)NCCS(=O)(=O)[O-])[C@H]1CCC2C3CCC4C[C@H](O)CC[C@]4(C)C3C[C@H](O)[C@@]21C.C[C@H](CCC(=O)NCCS(=O)(=O)[O-])[C@H]1CCC2C3CCC4C[C@H](O)CC[C@]4(C)C3C[C@H](O)[C@@]21C.[Fe+2]. The van der Waals surface area contributed by atoms with Gasteiger partial charge in [0.05, 0.1) is 56.2 Å². The molecule has 17 heteroatoms. The maximum absolute atomic E-state index is 12.2. The summed E-state index contributed by atoms with van der Waals surface area (Å²) in [7, 11) is -8.64. The molecule has 0 aromatic heterocycles. The largest absolute Gasteiger partial charge is 2.00 e. The molecule has 8 rings (SSSR count). The number of amides is 2. The molecule has 20 atom stereocenters. The molecule has 0 spiro atoms. The Hall–Kier alpha value is -0.881. The van der Waals surface area contributed by atoms with Crippen LogP contribution in [0, 0.1) is 92.7 Å². The van der Waals surface area contributed by atoms with Crippen molar-refractivity contribution >= 4 is 32.1 Å². The molecule has 8 saturated carbocycles. The zero-order valence-corrected chi connectivity index (χ0v) is 45.2. The van der Waals surface area contributed by atoms with Gasteiger partial charge >= 0.3 is 17.1 Å². The number of aliphatic hydroxyl groups is 4. The number of hydrogen-bond donors (Lipinski definition) is 6. The van der Waals surface area contributed by atoms with E-state index >= 15 is 0 Å². The fraction of sp³-hybridized carbons (Fsp3) is 0.962. The Labute approximate surface area is 425 Å². The third kappa shape index (κ3) is 11.8. The third-order valence-electron chi connectivity index (χ3n) is 22.0. The van der Waals surface area contributed by atoms with Gasteiger partial charge in [-0.1, -0.05) is 41.5 Å². The molecule has 69 heavy (non-hydrogen) atoms. The van der Waals surface area contributed by atoms with E-state index in [2.05, 4.69) is 52.2 Å². The molecule has 8 aliphatic carbocycles. The van der Waals surface area contributed by atoms with E-state index in [0.717, 1.165) is 77.0 Å². The number of fused-ring (bicyclic) bond motifs is 10. The van der Waals surface area contributed by atoms with E-state index in [1.165, 1.54) is 25.7 Å². The molecular weight excluding hydrogens is 965 g/mol. The molecule has 8 unspecified atom stereocenters. The van der Waals surface area contributed by atoms with Gasteiger partial charge in [-0.15, -0.1) is 0 Å². The smallest absolute Gasteiger partial charge is 0.748 e. The number of aliphatic hydroxyl groups excluding tert-OH is 4. The van der Waals surface area contributed by atoms with Gasteiger partial charge in [0.15, 0.2) is 0 Å². The number of carbonyl (C=O) groups is 2. The Morgan fingerprint density at radius 1 is 0.551 bits per heavy atom. The van der Waals surface area contributed by atoms with Crippen molar-refractivity contribution in [3.8, 4) is 0 Å². The summed E-state index contributed by atoms with van der Waals surface area (Å²) in [5, 5.41) is 48.8. The fourth-order valence-electron chi connectivity index (χ4n) is 18.2. The van der Waals surface area contributed by atoms with Crippen molar-refractivity contribution < 1.29 is 73.0 Å². The van der Waals surface area contributed by atoms with Crippen LogP contribution < -0.4 is 10.6 Å². The normalized spacial score (nSPS) is 44.4. The van der Waals surface area contributed by atoms with Crippen LogP contribution in [0.3, 0.4) is 0 Å². The van der Waals surface area contributed by atoms with Gasteiger partial charge in [0.1, 0.15) is 0 Å². The molecule has 0 aliphatic heterocycles. The first-order chi connectivity index (χ1) is 31.7. The van der Waals surface area contributed by atoms with Gasteiger partial charge in [0.25, 0.3) is 0 Å². The van der Waals surface area contributed by atoms with E-state index in [1.807, 2.05) is 0 Å². The first-order valence-electron chi connectivity index (χ1n) is 26.8. The van der Waals surface area contributed by atoms with Crippen LogP contribution in [0.2, 0.25) is 0 Å². The molecule has 0 heterocycles. The molecule has 14 nitrogen and oxygen atoms in total. The summed E-state index contributed by atoms with van der Waals surface area (Å²) in [6.45, 7) is 13.6. The van der Waals surface area contributed by atoms with Crippen molar-refractivity contribution in [1.82, 2.24) is 10.6 Å². The average molecular weight is 1050 g/mol. The van der Waals surface area contributed by atoms with Gasteiger partial charge in [-0.3, -0.25) is 9.59 Å². The second-order valence-electron chi connectivity index (χ2n) is 25.0. The second kappa shape index (κ2) is 22.1. The van der Waals surface area contributed by atoms with Crippen LogP contribution in [0.15, 0.2) is 0 Å². The second-order valence-corrected chi connectivity index (χ2v) is 28.1. The van der Waals surface area contributed by atoms with E-state index in [0.29, 0.717) is 84.9 Å². The number of nitrogens with one attached hydrogen (secondary N) is 2. The maximum Gasteiger partial charge on any atom is 2.00 e. The minimum Gasteiger partial charge on any atom is -0.748 e. The number of carbonyl (C=O) groups excluding carboxylic acids is 2. The van der Waals surface area contributed by atoms with Crippen molar-refractivity contribution in [3.05, 3.63) is 0 Å². The summed E-state index contributed by atoms with van der Waals surface area (Å²) >= 11 is 0. The van der Waals surface area contributed by atoms with Crippen LogP contribution in [0.25, 0.3) is 0 Å². The van der Waals surface area contributed by atoms with Crippen molar-refractivity contribution in [3.63, 3.8) is 0 Å². The summed E-state index contributed by atoms with van der Waals surface area (Å²) in [4.78, 5) is 24.4. The summed E-state index contributed by atoms with van der Waals surface area (Å²) < 4.78 is 64.3. The molecule has 0 bridgehead atoms. The third-order valence-corrected chi connectivity index (χ3v) is 23.4. The average Bonchev–Trinajstić information content (AvgIpc) is 3.81. The quantitative estimate of drug-likeness (QED) is 0.0852. The Bertz CT molecular complexity index is 1870. The summed E-state index contributed by atoms with van der Waals surface area (Å²) in [5.41, 5.74) is 0.184. The van der Waals surface area contributed by atoms with Crippen LogP contribution in [0.5, 0.6) is 0 Å². The Balaban J connectivity index is 0.000000224. The molecule has 2 amide bonds. The van der Waals surface area contributed by atoms with Gasteiger partial charge in [0, 0.05) is 25.9 Å². The summed E-state index contributed by atoms with van der Waals surface area (Å²) in [5.74, 6) is 4.20. The molecular formula is C52H88FeN2O12S2. The molecule has 0 aromatic carbocycles. The Kier molecular flexibility index (Phi) is 18.4. The van der Waals surface area contributed by atoms with Crippen LogP contribution in [-0.4, -0.2) is 107 Å². The topological polar surface area (TPSA) is 254 Å². The first-order valence-corrected chi connectivity index (χ1v) is 30.0. The Morgan fingerprint density at radius 3 is 1.26 bits per heavy atom. The monoisotopic (exact) mass is 1050 g/mol. The van der Waals surface area contributed by atoms with E-state index in [-0.39, 0.29) is 99.9 Å². The zero-order chi connectivity index (χ0) is 49.8. The molecule has 398 valence electrons. The molecule has 0 radical (unpaired) electrons. The summed E-state index contributed by atoms with van der Waals surface area (Å²) in [6.07, 6.45) is 17.7. The van der Waals surface area contributed by atoms with Gasteiger partial charge in [-0.2, -0.15) is 0 Å². The van der Waals surface area contributed by atoms with Gasteiger partial charge in [0.2, 0.25) is 11.8 Å². The van der Waals surface area contributed by atoms with Gasteiger partial charge < -0.3 is 40.2 Å². The van der Waals surface area contributed by atoms with E-state index < -0.39 is 31.7 Å². The molecule has 8 aliphatic rings. The van der Waals surface area contributed by atoms with Crippen LogP contribution in [-0.2, 0) is 46.9 Å². The zero-order valence-electron chi connectivity index (χ0n) is 42.4. The van der Waals surface area contributed by atoms with E-state index in [1.54, 1.807) is 0 Å². The van der Waals surface area contributed by atoms with Crippen LogP contribution in [0.1, 0.15) is 170 Å². The fourth-order valence-corrected chi connectivity index (χ4v) is 19.0. The molecule has 8 fully saturated rings. The van der Waals surface area contributed by atoms with Crippen LogP contribution in [0.4, 0.5) is 0 Å².